The fourth-order valence-electron chi connectivity index (χ4n) is 2.83. The number of benzene rings is 2. The van der Waals surface area contributed by atoms with E-state index < -0.39 is 11.7 Å². The molecule has 0 aromatic heterocycles. The second-order valence-corrected chi connectivity index (χ2v) is 8.18. The van der Waals surface area contributed by atoms with E-state index >= 15 is 0 Å². The molecule has 0 aliphatic carbocycles. The molecular weight excluding hydrogens is 368 g/mol. The van der Waals surface area contributed by atoms with E-state index in [1.807, 2.05) is 24.3 Å². The van der Waals surface area contributed by atoms with Gasteiger partial charge in [0.05, 0.1) is 13.2 Å². The number of carbonyl (C=O) groups excluding carboxylic acids is 2. The van der Waals surface area contributed by atoms with Crippen LogP contribution in [0.15, 0.2) is 48.5 Å². The number of amides is 2. The summed E-state index contributed by atoms with van der Waals surface area (Å²) in [4.78, 5) is 24.8. The van der Waals surface area contributed by atoms with Gasteiger partial charge in [0.2, 0.25) is 0 Å². The molecule has 2 N–H and O–H groups in total. The Morgan fingerprint density at radius 3 is 2.21 bits per heavy atom. The molecule has 156 valence electrons. The molecule has 1 atom stereocenters. The van der Waals surface area contributed by atoms with Crippen molar-refractivity contribution in [2.24, 2.45) is 5.92 Å². The molecule has 0 aliphatic heterocycles. The number of methoxy groups -OCH3 is 1. The van der Waals surface area contributed by atoms with Gasteiger partial charge in [-0.25, -0.2) is 4.79 Å². The van der Waals surface area contributed by atoms with Crippen molar-refractivity contribution in [2.75, 3.05) is 12.4 Å². The first-order chi connectivity index (χ1) is 13.6. The van der Waals surface area contributed by atoms with E-state index in [4.69, 9.17) is 9.47 Å². The summed E-state index contributed by atoms with van der Waals surface area (Å²) in [6.45, 7) is 9.48. The minimum Gasteiger partial charge on any atom is -0.497 e. The molecule has 2 rings (SSSR count). The van der Waals surface area contributed by atoms with Gasteiger partial charge < -0.3 is 14.8 Å². The molecule has 0 saturated heterocycles. The van der Waals surface area contributed by atoms with E-state index in [1.54, 1.807) is 52.1 Å². The number of hydrogen-bond donors (Lipinski definition) is 2. The van der Waals surface area contributed by atoms with Crippen LogP contribution in [0.2, 0.25) is 0 Å². The summed E-state index contributed by atoms with van der Waals surface area (Å²) in [5.41, 5.74) is 1.36. The van der Waals surface area contributed by atoms with Crippen molar-refractivity contribution in [2.45, 2.75) is 46.3 Å². The number of nitrogens with one attached hydrogen (secondary N) is 2. The Kier molecular flexibility index (Phi) is 7.26. The van der Waals surface area contributed by atoms with Gasteiger partial charge >= 0.3 is 6.09 Å². The van der Waals surface area contributed by atoms with Crippen molar-refractivity contribution in [3.05, 3.63) is 59.7 Å². The van der Waals surface area contributed by atoms with Gasteiger partial charge in [-0.05, 0) is 62.6 Å². The molecule has 0 aliphatic rings. The highest BCUT2D eigenvalue weighted by atomic mass is 16.6. The molecule has 0 radical (unpaired) electrons. The highest BCUT2D eigenvalue weighted by Gasteiger charge is 2.20. The van der Waals surface area contributed by atoms with Crippen LogP contribution in [0.5, 0.6) is 5.75 Å². The van der Waals surface area contributed by atoms with Crippen molar-refractivity contribution in [3.63, 3.8) is 0 Å². The predicted molar refractivity (Wildman–Crippen MR) is 114 cm³/mol. The Balaban J connectivity index is 2.12. The lowest BCUT2D eigenvalue weighted by Crippen LogP contribution is -2.32. The first-order valence-corrected chi connectivity index (χ1v) is 9.64. The van der Waals surface area contributed by atoms with Crippen LogP contribution in [0.1, 0.15) is 56.6 Å². The predicted octanol–water partition coefficient (Wildman–Crippen LogP) is 5.17. The SMILES string of the molecule is COc1ccc(C(NC(=O)c2cccc(NC(=O)OC(C)(C)C)c2)C(C)C)cc1. The molecule has 2 amide bonds. The van der Waals surface area contributed by atoms with Crippen LogP contribution in [0.4, 0.5) is 10.5 Å². The average molecular weight is 399 g/mol. The van der Waals surface area contributed by atoms with Crippen molar-refractivity contribution in [1.82, 2.24) is 5.32 Å². The maximum absolute atomic E-state index is 12.8. The summed E-state index contributed by atoms with van der Waals surface area (Å²) in [5.74, 6) is 0.742. The van der Waals surface area contributed by atoms with Crippen molar-refractivity contribution < 1.29 is 19.1 Å². The zero-order valence-corrected chi connectivity index (χ0v) is 17.9. The topological polar surface area (TPSA) is 76.7 Å². The van der Waals surface area contributed by atoms with Crippen LogP contribution in [0.25, 0.3) is 0 Å². The van der Waals surface area contributed by atoms with E-state index in [0.717, 1.165) is 11.3 Å². The lowest BCUT2D eigenvalue weighted by atomic mass is 9.95. The third-order valence-electron chi connectivity index (χ3n) is 4.20. The van der Waals surface area contributed by atoms with E-state index in [9.17, 15) is 9.59 Å². The number of carbonyl (C=O) groups is 2. The summed E-state index contributed by atoms with van der Waals surface area (Å²) in [6.07, 6.45) is -0.562. The lowest BCUT2D eigenvalue weighted by molar-refractivity contribution is 0.0635. The Labute approximate surface area is 172 Å². The maximum Gasteiger partial charge on any atom is 0.412 e. The molecule has 1 unspecified atom stereocenters. The minimum atomic E-state index is -0.595. The third kappa shape index (κ3) is 6.82. The minimum absolute atomic E-state index is 0.157. The zero-order chi connectivity index (χ0) is 21.6. The smallest absolute Gasteiger partial charge is 0.412 e. The number of anilines is 1. The Hall–Kier alpha value is -3.02. The zero-order valence-electron chi connectivity index (χ0n) is 17.9. The van der Waals surface area contributed by atoms with Crippen LogP contribution in [-0.2, 0) is 4.74 Å². The van der Waals surface area contributed by atoms with Crippen LogP contribution in [-0.4, -0.2) is 24.7 Å². The summed E-state index contributed by atoms with van der Waals surface area (Å²) in [6, 6.07) is 14.3. The Morgan fingerprint density at radius 1 is 1.00 bits per heavy atom. The van der Waals surface area contributed by atoms with Gasteiger partial charge in [-0.15, -0.1) is 0 Å². The van der Waals surface area contributed by atoms with Crippen LogP contribution >= 0.6 is 0 Å². The van der Waals surface area contributed by atoms with Gasteiger partial charge in [0.1, 0.15) is 11.4 Å². The highest BCUT2D eigenvalue weighted by Crippen LogP contribution is 2.24. The summed E-state index contributed by atoms with van der Waals surface area (Å²) in [5, 5.41) is 5.74. The molecule has 6 nitrogen and oxygen atoms in total. The number of rotatable bonds is 6. The normalized spacial score (nSPS) is 12.2. The fraction of sp³-hybridized carbons (Fsp3) is 0.391. The number of ether oxygens (including phenoxy) is 2. The highest BCUT2D eigenvalue weighted by molar-refractivity contribution is 5.96. The van der Waals surface area contributed by atoms with Crippen LogP contribution in [0, 0.1) is 5.92 Å². The van der Waals surface area contributed by atoms with Crippen LogP contribution in [0.3, 0.4) is 0 Å². The molecule has 6 heteroatoms. The third-order valence-corrected chi connectivity index (χ3v) is 4.20. The largest absolute Gasteiger partial charge is 0.497 e. The maximum atomic E-state index is 12.8. The van der Waals surface area contributed by atoms with Crippen LogP contribution < -0.4 is 15.4 Å². The van der Waals surface area contributed by atoms with Gasteiger partial charge in [0, 0.05) is 11.3 Å². The molecule has 0 saturated carbocycles. The quantitative estimate of drug-likeness (QED) is 0.704. The van der Waals surface area contributed by atoms with Gasteiger partial charge in [0.15, 0.2) is 0 Å². The molecule has 0 heterocycles. The molecule has 0 spiro atoms. The van der Waals surface area contributed by atoms with E-state index in [2.05, 4.69) is 24.5 Å². The summed E-state index contributed by atoms with van der Waals surface area (Å²) >= 11 is 0. The van der Waals surface area contributed by atoms with Gasteiger partial charge in [-0.1, -0.05) is 32.0 Å². The average Bonchev–Trinajstić information content (AvgIpc) is 2.64. The lowest BCUT2D eigenvalue weighted by Gasteiger charge is -2.23. The van der Waals surface area contributed by atoms with Crippen molar-refractivity contribution in [3.8, 4) is 5.75 Å². The van der Waals surface area contributed by atoms with E-state index in [-0.39, 0.29) is 17.9 Å². The summed E-state index contributed by atoms with van der Waals surface area (Å²) < 4.78 is 10.5. The molecule has 0 bridgehead atoms. The first-order valence-electron chi connectivity index (χ1n) is 9.64. The second kappa shape index (κ2) is 9.45. The molecule has 29 heavy (non-hydrogen) atoms. The van der Waals surface area contributed by atoms with Gasteiger partial charge in [-0.3, -0.25) is 10.1 Å². The second-order valence-electron chi connectivity index (χ2n) is 8.18. The van der Waals surface area contributed by atoms with E-state index in [1.165, 1.54) is 0 Å². The van der Waals surface area contributed by atoms with Crippen molar-refractivity contribution >= 4 is 17.7 Å². The summed E-state index contributed by atoms with van der Waals surface area (Å²) in [7, 11) is 1.62. The van der Waals surface area contributed by atoms with E-state index in [0.29, 0.717) is 11.3 Å². The molecule has 2 aromatic carbocycles. The molecule has 0 fully saturated rings. The monoisotopic (exact) mass is 398 g/mol. The standard InChI is InChI=1S/C23H30N2O4/c1-15(2)20(16-10-12-19(28-6)13-11-16)25-21(26)17-8-7-9-18(14-17)24-22(27)29-23(3,4)5/h7-15,20H,1-6H3,(H,24,27)(H,25,26). The number of hydrogen-bond acceptors (Lipinski definition) is 4. The van der Waals surface area contributed by atoms with Crippen molar-refractivity contribution in [1.29, 1.82) is 0 Å². The van der Waals surface area contributed by atoms with Gasteiger partial charge in [-0.2, -0.15) is 0 Å². The molecule has 2 aromatic rings. The molecular formula is C23H30N2O4. The first kappa shape index (κ1) is 22.3. The van der Waals surface area contributed by atoms with Gasteiger partial charge in [0.25, 0.3) is 5.91 Å². The fourth-order valence-corrected chi connectivity index (χ4v) is 2.83. The Bertz CT molecular complexity index is 839. The Morgan fingerprint density at radius 2 is 1.66 bits per heavy atom.